The molecule has 0 aliphatic carbocycles. The fourth-order valence-corrected chi connectivity index (χ4v) is 1.34. The van der Waals surface area contributed by atoms with E-state index in [4.69, 9.17) is 5.73 Å². The average Bonchev–Trinajstić information content (AvgIpc) is 2.31. The van der Waals surface area contributed by atoms with Gasteiger partial charge in [0.2, 0.25) is 0 Å². The maximum Gasteiger partial charge on any atom is 0.0180 e. The molecule has 0 aromatic heterocycles. The van der Waals surface area contributed by atoms with Crippen molar-refractivity contribution in [2.24, 2.45) is 5.73 Å². The Balaban J connectivity index is 2.12. The van der Waals surface area contributed by atoms with E-state index in [1.165, 1.54) is 6.54 Å². The SMILES string of the molecule is C=CCCN1CC[C@H](N)C1. The monoisotopic (exact) mass is 140 g/mol. The van der Waals surface area contributed by atoms with Gasteiger partial charge >= 0.3 is 0 Å². The Hall–Kier alpha value is -0.340. The lowest BCUT2D eigenvalue weighted by atomic mass is 10.3. The van der Waals surface area contributed by atoms with E-state index in [0.29, 0.717) is 6.04 Å². The summed E-state index contributed by atoms with van der Waals surface area (Å²) in [4.78, 5) is 2.40. The van der Waals surface area contributed by atoms with Crippen LogP contribution in [0.1, 0.15) is 12.8 Å². The van der Waals surface area contributed by atoms with Crippen LogP contribution in [0.3, 0.4) is 0 Å². The van der Waals surface area contributed by atoms with E-state index in [1.807, 2.05) is 6.08 Å². The summed E-state index contributed by atoms with van der Waals surface area (Å²) in [7, 11) is 0. The third-order valence-electron chi connectivity index (χ3n) is 1.96. The highest BCUT2D eigenvalue weighted by atomic mass is 15.2. The molecule has 2 N–H and O–H groups in total. The van der Waals surface area contributed by atoms with Crippen molar-refractivity contribution in [3.63, 3.8) is 0 Å². The summed E-state index contributed by atoms with van der Waals surface area (Å²) >= 11 is 0. The van der Waals surface area contributed by atoms with Crippen LogP contribution in [-0.4, -0.2) is 30.6 Å². The van der Waals surface area contributed by atoms with Crippen LogP contribution in [0.4, 0.5) is 0 Å². The van der Waals surface area contributed by atoms with Crippen LogP contribution in [-0.2, 0) is 0 Å². The van der Waals surface area contributed by atoms with Gasteiger partial charge in [0, 0.05) is 19.1 Å². The molecule has 2 nitrogen and oxygen atoms in total. The topological polar surface area (TPSA) is 29.3 Å². The molecule has 1 aliphatic rings. The molecule has 1 atom stereocenters. The van der Waals surface area contributed by atoms with Crippen LogP contribution in [0.25, 0.3) is 0 Å². The van der Waals surface area contributed by atoms with Crippen molar-refractivity contribution in [3.05, 3.63) is 12.7 Å². The van der Waals surface area contributed by atoms with Gasteiger partial charge in [0.25, 0.3) is 0 Å². The molecule has 1 heterocycles. The van der Waals surface area contributed by atoms with Gasteiger partial charge in [0.05, 0.1) is 0 Å². The molecule has 0 amide bonds. The standard InChI is InChI=1S/C8H16N2/c1-2-3-5-10-6-4-8(9)7-10/h2,8H,1,3-7,9H2/t8-/m0/s1. The molecule has 0 unspecified atom stereocenters. The van der Waals surface area contributed by atoms with Crippen LogP contribution < -0.4 is 5.73 Å². The molecular weight excluding hydrogens is 124 g/mol. The van der Waals surface area contributed by atoms with Gasteiger partial charge in [-0.1, -0.05) is 6.08 Å². The number of nitrogens with zero attached hydrogens (tertiary/aromatic N) is 1. The largest absolute Gasteiger partial charge is 0.326 e. The van der Waals surface area contributed by atoms with Crippen LogP contribution in [0.15, 0.2) is 12.7 Å². The average molecular weight is 140 g/mol. The van der Waals surface area contributed by atoms with E-state index < -0.39 is 0 Å². The molecule has 1 aliphatic heterocycles. The number of hydrogen-bond donors (Lipinski definition) is 1. The van der Waals surface area contributed by atoms with Gasteiger partial charge in [-0.3, -0.25) is 0 Å². The third kappa shape index (κ3) is 2.12. The van der Waals surface area contributed by atoms with Crippen molar-refractivity contribution in [1.29, 1.82) is 0 Å². The van der Waals surface area contributed by atoms with Crippen molar-refractivity contribution in [2.75, 3.05) is 19.6 Å². The van der Waals surface area contributed by atoms with Crippen molar-refractivity contribution in [1.82, 2.24) is 4.90 Å². The molecule has 1 rings (SSSR count). The molecule has 1 saturated heterocycles. The summed E-state index contributed by atoms with van der Waals surface area (Å²) in [6, 6.07) is 0.421. The lowest BCUT2D eigenvalue weighted by molar-refractivity contribution is 0.341. The Kier molecular flexibility index (Phi) is 2.90. The van der Waals surface area contributed by atoms with Gasteiger partial charge in [-0.25, -0.2) is 0 Å². The Labute approximate surface area is 62.7 Å². The first kappa shape index (κ1) is 7.76. The number of likely N-dealkylation sites (tertiary alicyclic amines) is 1. The van der Waals surface area contributed by atoms with Crippen LogP contribution >= 0.6 is 0 Å². The minimum Gasteiger partial charge on any atom is -0.326 e. The molecule has 58 valence electrons. The number of hydrogen-bond acceptors (Lipinski definition) is 2. The van der Waals surface area contributed by atoms with E-state index >= 15 is 0 Å². The molecule has 1 fully saturated rings. The van der Waals surface area contributed by atoms with E-state index in [9.17, 15) is 0 Å². The van der Waals surface area contributed by atoms with Gasteiger partial charge < -0.3 is 10.6 Å². The van der Waals surface area contributed by atoms with Crippen LogP contribution in [0.2, 0.25) is 0 Å². The molecule has 10 heavy (non-hydrogen) atoms. The predicted molar refractivity (Wildman–Crippen MR) is 43.8 cm³/mol. The van der Waals surface area contributed by atoms with E-state index in [1.54, 1.807) is 0 Å². The first-order chi connectivity index (χ1) is 4.83. The second kappa shape index (κ2) is 3.74. The van der Waals surface area contributed by atoms with Gasteiger partial charge in [-0.15, -0.1) is 6.58 Å². The molecule has 0 saturated carbocycles. The van der Waals surface area contributed by atoms with E-state index in [-0.39, 0.29) is 0 Å². The van der Waals surface area contributed by atoms with Gasteiger partial charge in [0.15, 0.2) is 0 Å². The van der Waals surface area contributed by atoms with E-state index in [2.05, 4.69) is 11.5 Å². The quantitative estimate of drug-likeness (QED) is 0.581. The molecule has 0 radical (unpaired) electrons. The Morgan fingerprint density at radius 1 is 1.70 bits per heavy atom. The van der Waals surface area contributed by atoms with Crippen molar-refractivity contribution < 1.29 is 0 Å². The summed E-state index contributed by atoms with van der Waals surface area (Å²) in [6.45, 7) is 7.07. The second-order valence-corrected chi connectivity index (χ2v) is 2.93. The van der Waals surface area contributed by atoms with Crippen molar-refractivity contribution >= 4 is 0 Å². The summed E-state index contributed by atoms with van der Waals surface area (Å²) in [5.74, 6) is 0. The maximum atomic E-state index is 5.73. The van der Waals surface area contributed by atoms with Crippen molar-refractivity contribution in [2.45, 2.75) is 18.9 Å². The lowest BCUT2D eigenvalue weighted by Gasteiger charge is -2.12. The molecule has 0 aromatic carbocycles. The number of nitrogens with two attached hydrogens (primary N) is 1. The van der Waals surface area contributed by atoms with Crippen molar-refractivity contribution in [3.8, 4) is 0 Å². The molecular formula is C8H16N2. The van der Waals surface area contributed by atoms with Crippen LogP contribution in [0, 0.1) is 0 Å². The molecule has 0 aromatic rings. The van der Waals surface area contributed by atoms with E-state index in [0.717, 1.165) is 25.9 Å². The minimum absolute atomic E-state index is 0.421. The Morgan fingerprint density at radius 2 is 2.50 bits per heavy atom. The second-order valence-electron chi connectivity index (χ2n) is 2.93. The third-order valence-corrected chi connectivity index (χ3v) is 1.96. The molecule has 0 spiro atoms. The predicted octanol–water partition coefficient (Wildman–Crippen LogP) is 0.596. The zero-order valence-electron chi connectivity index (χ0n) is 6.42. The maximum absolute atomic E-state index is 5.73. The van der Waals surface area contributed by atoms with Crippen LogP contribution in [0.5, 0.6) is 0 Å². The highest BCUT2D eigenvalue weighted by Crippen LogP contribution is 2.06. The Bertz CT molecular complexity index is 112. The summed E-state index contributed by atoms with van der Waals surface area (Å²) in [5, 5.41) is 0. The van der Waals surface area contributed by atoms with Gasteiger partial charge in [0.1, 0.15) is 0 Å². The molecule has 0 bridgehead atoms. The highest BCUT2D eigenvalue weighted by Gasteiger charge is 2.17. The minimum atomic E-state index is 0.421. The van der Waals surface area contributed by atoms with Gasteiger partial charge in [-0.2, -0.15) is 0 Å². The zero-order valence-corrected chi connectivity index (χ0v) is 6.42. The smallest absolute Gasteiger partial charge is 0.0180 e. The normalized spacial score (nSPS) is 27.1. The number of rotatable bonds is 3. The fourth-order valence-electron chi connectivity index (χ4n) is 1.34. The summed E-state index contributed by atoms with van der Waals surface area (Å²) in [5.41, 5.74) is 5.73. The summed E-state index contributed by atoms with van der Waals surface area (Å²) < 4.78 is 0. The summed E-state index contributed by atoms with van der Waals surface area (Å²) in [6.07, 6.45) is 4.22. The first-order valence-electron chi connectivity index (χ1n) is 3.92. The molecule has 2 heteroatoms. The van der Waals surface area contributed by atoms with Gasteiger partial charge in [-0.05, 0) is 19.4 Å². The fraction of sp³-hybridized carbons (Fsp3) is 0.750. The first-order valence-corrected chi connectivity index (χ1v) is 3.92. The Morgan fingerprint density at radius 3 is 3.00 bits per heavy atom. The zero-order chi connectivity index (χ0) is 7.40. The lowest BCUT2D eigenvalue weighted by Crippen LogP contribution is -2.27. The highest BCUT2D eigenvalue weighted by molar-refractivity contribution is 4.79.